The van der Waals surface area contributed by atoms with Crippen molar-refractivity contribution in [2.45, 2.75) is 29.6 Å². The predicted molar refractivity (Wildman–Crippen MR) is 126 cm³/mol. The van der Waals surface area contributed by atoms with E-state index < -0.39 is 26.0 Å². The molecule has 1 saturated heterocycles. The van der Waals surface area contributed by atoms with Crippen LogP contribution in [0.15, 0.2) is 46.2 Å². The van der Waals surface area contributed by atoms with E-state index in [4.69, 9.17) is 16.3 Å². The number of methoxy groups -OCH3 is 1. The van der Waals surface area contributed by atoms with Gasteiger partial charge < -0.3 is 10.1 Å². The largest absolute Gasteiger partial charge is 0.495 e. The summed E-state index contributed by atoms with van der Waals surface area (Å²) < 4.78 is 59.4. The maximum absolute atomic E-state index is 13.3. The van der Waals surface area contributed by atoms with Gasteiger partial charge in [0.1, 0.15) is 10.6 Å². The summed E-state index contributed by atoms with van der Waals surface area (Å²) in [5.74, 6) is -0.818. The Labute approximate surface area is 199 Å². The fourth-order valence-electron chi connectivity index (χ4n) is 3.62. The van der Waals surface area contributed by atoms with Crippen LogP contribution in [0.5, 0.6) is 5.75 Å². The van der Waals surface area contributed by atoms with Gasteiger partial charge in [-0.15, -0.1) is 0 Å². The molecule has 1 fully saturated rings. The van der Waals surface area contributed by atoms with Crippen molar-refractivity contribution in [3.63, 3.8) is 0 Å². The molecule has 2 aromatic rings. The van der Waals surface area contributed by atoms with E-state index in [9.17, 15) is 21.6 Å². The van der Waals surface area contributed by atoms with Crippen LogP contribution in [0.25, 0.3) is 0 Å². The number of piperidine rings is 1. The average molecular weight is 516 g/mol. The van der Waals surface area contributed by atoms with E-state index in [1.807, 2.05) is 0 Å². The zero-order chi connectivity index (χ0) is 24.4. The zero-order valence-electron chi connectivity index (χ0n) is 18.5. The lowest BCUT2D eigenvalue weighted by Gasteiger charge is -2.31. The van der Waals surface area contributed by atoms with Gasteiger partial charge in [-0.2, -0.15) is 4.31 Å². The molecule has 3 rings (SSSR count). The quantitative estimate of drug-likeness (QED) is 0.584. The summed E-state index contributed by atoms with van der Waals surface area (Å²) >= 11 is 6.01. The van der Waals surface area contributed by atoms with Crippen molar-refractivity contribution in [1.29, 1.82) is 0 Å². The molecule has 0 aromatic heterocycles. The molecule has 12 heteroatoms. The molecule has 2 aromatic carbocycles. The third-order valence-corrected chi connectivity index (χ3v) is 9.08. The molecule has 0 radical (unpaired) electrons. The first-order valence-electron chi connectivity index (χ1n) is 10.2. The number of nitrogens with one attached hydrogen (secondary N) is 2. The molecule has 2 N–H and O–H groups in total. The Morgan fingerprint density at radius 3 is 2.55 bits per heavy atom. The number of rotatable bonds is 7. The smallest absolute Gasteiger partial charge is 0.246 e. The van der Waals surface area contributed by atoms with Crippen LogP contribution in [-0.2, 0) is 24.8 Å². The molecule has 1 amide bonds. The van der Waals surface area contributed by atoms with Gasteiger partial charge in [-0.25, -0.2) is 21.6 Å². The average Bonchev–Trinajstić information content (AvgIpc) is 2.80. The minimum Gasteiger partial charge on any atom is -0.495 e. The number of nitrogens with zero attached hydrogens (tertiary/aromatic N) is 1. The van der Waals surface area contributed by atoms with E-state index in [1.54, 1.807) is 13.0 Å². The summed E-state index contributed by atoms with van der Waals surface area (Å²) in [5.41, 5.74) is 1.04. The monoisotopic (exact) mass is 515 g/mol. The maximum atomic E-state index is 13.3. The topological polar surface area (TPSA) is 122 Å². The second-order valence-corrected chi connectivity index (χ2v) is 11.9. The van der Waals surface area contributed by atoms with Crippen molar-refractivity contribution < 1.29 is 26.4 Å². The number of benzene rings is 2. The van der Waals surface area contributed by atoms with Crippen LogP contribution in [0, 0.1) is 12.8 Å². The third-order valence-electron chi connectivity index (χ3n) is 5.54. The summed E-state index contributed by atoms with van der Waals surface area (Å²) in [4.78, 5) is 13.0. The Hall–Kier alpha value is -2.18. The second-order valence-electron chi connectivity index (χ2n) is 7.67. The number of anilines is 1. The Morgan fingerprint density at radius 1 is 1.15 bits per heavy atom. The van der Waals surface area contributed by atoms with Crippen molar-refractivity contribution in [3.8, 4) is 5.75 Å². The van der Waals surface area contributed by atoms with Crippen molar-refractivity contribution in [1.82, 2.24) is 9.03 Å². The summed E-state index contributed by atoms with van der Waals surface area (Å²) in [6.45, 7) is 1.99. The van der Waals surface area contributed by atoms with Crippen LogP contribution in [-0.4, -0.2) is 54.3 Å². The van der Waals surface area contributed by atoms with Crippen molar-refractivity contribution in [2.75, 3.05) is 32.6 Å². The Balaban J connectivity index is 1.82. The number of amides is 1. The van der Waals surface area contributed by atoms with E-state index in [-0.39, 0.29) is 39.6 Å². The van der Waals surface area contributed by atoms with Gasteiger partial charge in [-0.05, 0) is 62.7 Å². The Kier molecular flexibility index (Phi) is 7.69. The first-order valence-corrected chi connectivity index (χ1v) is 13.5. The number of carbonyl (C=O) groups excluding carboxylic acids is 1. The number of sulfonamides is 2. The van der Waals surface area contributed by atoms with Gasteiger partial charge in [-0.3, -0.25) is 4.79 Å². The van der Waals surface area contributed by atoms with E-state index in [0.29, 0.717) is 24.1 Å². The van der Waals surface area contributed by atoms with E-state index in [2.05, 4.69) is 10.0 Å². The molecule has 1 aliphatic rings. The highest BCUT2D eigenvalue weighted by atomic mass is 35.5. The van der Waals surface area contributed by atoms with Crippen LogP contribution in [0.4, 0.5) is 5.69 Å². The molecule has 0 saturated carbocycles. The highest BCUT2D eigenvalue weighted by Crippen LogP contribution is 2.32. The zero-order valence-corrected chi connectivity index (χ0v) is 20.8. The standard InChI is InChI=1S/C21H26ClN3O6S2/c1-14-6-8-17(32(27,28)23-2)12-18(14)24-21(26)15-5-4-10-25(13-15)33(29,30)20-11-16(22)7-9-19(20)31-3/h6-9,11-12,15,23H,4-5,10,13H2,1-3H3,(H,24,26). The molecule has 180 valence electrons. The highest BCUT2D eigenvalue weighted by molar-refractivity contribution is 7.89. The molecule has 9 nitrogen and oxygen atoms in total. The lowest BCUT2D eigenvalue weighted by Crippen LogP contribution is -2.43. The van der Waals surface area contributed by atoms with Crippen LogP contribution in [0.3, 0.4) is 0 Å². The summed E-state index contributed by atoms with van der Waals surface area (Å²) in [6.07, 6.45) is 0.992. The van der Waals surface area contributed by atoms with Crippen LogP contribution >= 0.6 is 11.6 Å². The summed E-state index contributed by atoms with van der Waals surface area (Å²) in [5, 5.41) is 3.02. The normalized spacial score (nSPS) is 17.5. The predicted octanol–water partition coefficient (Wildman–Crippen LogP) is 2.60. The Morgan fingerprint density at radius 2 is 1.88 bits per heavy atom. The van der Waals surface area contributed by atoms with Crippen LogP contribution in [0.1, 0.15) is 18.4 Å². The van der Waals surface area contributed by atoms with Gasteiger partial charge in [0.25, 0.3) is 0 Å². The number of ether oxygens (including phenoxy) is 1. The number of hydrogen-bond donors (Lipinski definition) is 2. The second kappa shape index (κ2) is 9.98. The van der Waals surface area contributed by atoms with Gasteiger partial charge in [-0.1, -0.05) is 17.7 Å². The van der Waals surface area contributed by atoms with Crippen molar-refractivity contribution in [2.24, 2.45) is 5.92 Å². The SMILES string of the molecule is CNS(=O)(=O)c1ccc(C)c(NC(=O)C2CCCN(S(=O)(=O)c3cc(Cl)ccc3OC)C2)c1. The molecular formula is C21H26ClN3O6S2. The maximum Gasteiger partial charge on any atom is 0.246 e. The van der Waals surface area contributed by atoms with Gasteiger partial charge >= 0.3 is 0 Å². The molecule has 0 spiro atoms. The fourth-order valence-corrected chi connectivity index (χ4v) is 6.32. The summed E-state index contributed by atoms with van der Waals surface area (Å²) in [7, 11) is -4.95. The summed E-state index contributed by atoms with van der Waals surface area (Å²) in [6, 6.07) is 8.78. The molecule has 0 aliphatic carbocycles. The highest BCUT2D eigenvalue weighted by Gasteiger charge is 2.35. The third kappa shape index (κ3) is 5.49. The molecular weight excluding hydrogens is 490 g/mol. The lowest BCUT2D eigenvalue weighted by molar-refractivity contribution is -0.120. The number of hydrogen-bond acceptors (Lipinski definition) is 6. The Bertz CT molecular complexity index is 1260. The van der Waals surface area contributed by atoms with E-state index in [1.165, 1.54) is 48.8 Å². The van der Waals surface area contributed by atoms with E-state index in [0.717, 1.165) is 0 Å². The van der Waals surface area contributed by atoms with Gasteiger partial charge in [0.05, 0.1) is 17.9 Å². The van der Waals surface area contributed by atoms with Crippen LogP contribution in [0.2, 0.25) is 5.02 Å². The van der Waals surface area contributed by atoms with Gasteiger partial charge in [0, 0.05) is 23.8 Å². The first-order chi connectivity index (χ1) is 15.5. The minimum atomic E-state index is -3.95. The molecule has 1 atom stereocenters. The van der Waals surface area contributed by atoms with Crippen LogP contribution < -0.4 is 14.8 Å². The number of aryl methyl sites for hydroxylation is 1. The van der Waals surface area contributed by atoms with Crippen molar-refractivity contribution in [3.05, 3.63) is 47.0 Å². The molecule has 0 bridgehead atoms. The molecule has 1 aliphatic heterocycles. The molecule has 1 unspecified atom stereocenters. The first kappa shape index (κ1) is 25.4. The van der Waals surface area contributed by atoms with Gasteiger partial charge in [0.15, 0.2) is 0 Å². The molecule has 1 heterocycles. The number of halogens is 1. The van der Waals surface area contributed by atoms with Gasteiger partial charge in [0.2, 0.25) is 26.0 Å². The van der Waals surface area contributed by atoms with Crippen molar-refractivity contribution >= 4 is 43.2 Å². The van der Waals surface area contributed by atoms with E-state index >= 15 is 0 Å². The lowest BCUT2D eigenvalue weighted by atomic mass is 9.98. The molecule has 33 heavy (non-hydrogen) atoms. The fraction of sp³-hybridized carbons (Fsp3) is 0.381. The number of carbonyl (C=O) groups is 1. The minimum absolute atomic E-state index is 0.0165.